The summed E-state index contributed by atoms with van der Waals surface area (Å²) in [5, 5.41) is 7.67. The van der Waals surface area contributed by atoms with Crippen LogP contribution in [0.4, 0.5) is 0 Å². The van der Waals surface area contributed by atoms with Crippen molar-refractivity contribution in [3.63, 3.8) is 0 Å². The molecule has 6 nitrogen and oxygen atoms in total. The van der Waals surface area contributed by atoms with Crippen LogP contribution in [0.15, 0.2) is 29.2 Å². The number of amides is 1. The number of benzene rings is 1. The van der Waals surface area contributed by atoms with Crippen LogP contribution >= 0.6 is 0 Å². The summed E-state index contributed by atoms with van der Waals surface area (Å²) < 4.78 is 27.0. The van der Waals surface area contributed by atoms with E-state index in [0.29, 0.717) is 12.2 Å². The van der Waals surface area contributed by atoms with Gasteiger partial charge in [0.25, 0.3) is 0 Å². The van der Waals surface area contributed by atoms with Gasteiger partial charge in [0.1, 0.15) is 0 Å². The van der Waals surface area contributed by atoms with Gasteiger partial charge in [0.05, 0.1) is 11.5 Å². The summed E-state index contributed by atoms with van der Waals surface area (Å²) in [5.41, 5.74) is 0.673. The van der Waals surface area contributed by atoms with Crippen molar-refractivity contribution < 1.29 is 17.9 Å². The van der Waals surface area contributed by atoms with Gasteiger partial charge in [-0.15, -0.1) is 0 Å². The van der Waals surface area contributed by atoms with Crippen LogP contribution in [-0.2, 0) is 26.1 Å². The molecule has 3 N–H and O–H groups in total. The first-order chi connectivity index (χ1) is 8.43. The molecule has 0 bridgehead atoms. The minimum atomic E-state index is -3.71. The zero-order valence-corrected chi connectivity index (χ0v) is 10.9. The quantitative estimate of drug-likeness (QED) is 0.760. The van der Waals surface area contributed by atoms with E-state index in [2.05, 4.69) is 5.32 Å². The maximum atomic E-state index is 11.3. The lowest BCUT2D eigenvalue weighted by Gasteiger charge is -2.06. The van der Waals surface area contributed by atoms with Crippen LogP contribution in [0.5, 0.6) is 0 Å². The van der Waals surface area contributed by atoms with Gasteiger partial charge in [-0.05, 0) is 17.7 Å². The fraction of sp³-hybridized carbons (Fsp3) is 0.364. The van der Waals surface area contributed by atoms with Crippen LogP contribution < -0.4 is 10.5 Å². The number of primary sulfonamides is 1. The molecule has 1 aromatic carbocycles. The van der Waals surface area contributed by atoms with Gasteiger partial charge in [-0.3, -0.25) is 4.79 Å². The molecule has 0 aromatic heterocycles. The van der Waals surface area contributed by atoms with E-state index in [1.807, 2.05) is 0 Å². The highest BCUT2D eigenvalue weighted by atomic mass is 32.2. The molecule has 1 rings (SSSR count). The molecule has 7 heteroatoms. The van der Waals surface area contributed by atoms with Crippen molar-refractivity contribution >= 4 is 15.9 Å². The molecule has 0 fully saturated rings. The lowest BCUT2D eigenvalue weighted by Crippen LogP contribution is -2.24. The van der Waals surface area contributed by atoms with Crippen LogP contribution in [-0.4, -0.2) is 28.0 Å². The summed E-state index contributed by atoms with van der Waals surface area (Å²) in [7, 11) is -2.19. The molecule has 0 aliphatic carbocycles. The molecule has 18 heavy (non-hydrogen) atoms. The molecular weight excluding hydrogens is 256 g/mol. The summed E-state index contributed by atoms with van der Waals surface area (Å²) in [6.07, 6.45) is 0.269. The molecule has 100 valence electrons. The van der Waals surface area contributed by atoms with Gasteiger partial charge in [-0.1, -0.05) is 12.1 Å². The summed E-state index contributed by atoms with van der Waals surface area (Å²) in [6.45, 7) is 0.606. The number of hydrogen-bond donors (Lipinski definition) is 2. The molecule has 0 atom stereocenters. The molecule has 0 radical (unpaired) electrons. The number of sulfonamides is 1. The average Bonchev–Trinajstić information content (AvgIpc) is 2.33. The molecular formula is C11H16N2O4S. The lowest BCUT2D eigenvalue weighted by atomic mass is 10.2. The Morgan fingerprint density at radius 3 is 2.78 bits per heavy atom. The maximum Gasteiger partial charge on any atom is 0.238 e. The monoisotopic (exact) mass is 272 g/mol. The fourth-order valence-electron chi connectivity index (χ4n) is 1.32. The van der Waals surface area contributed by atoms with Gasteiger partial charge in [0, 0.05) is 20.1 Å². The van der Waals surface area contributed by atoms with E-state index in [-0.39, 0.29) is 23.8 Å². The van der Waals surface area contributed by atoms with Gasteiger partial charge in [0.2, 0.25) is 15.9 Å². The van der Waals surface area contributed by atoms with Crippen molar-refractivity contribution in [1.29, 1.82) is 0 Å². The number of hydrogen-bond acceptors (Lipinski definition) is 4. The van der Waals surface area contributed by atoms with Crippen LogP contribution in [0.2, 0.25) is 0 Å². The second-order valence-electron chi connectivity index (χ2n) is 3.71. The fourth-order valence-corrected chi connectivity index (χ4v) is 1.90. The van der Waals surface area contributed by atoms with Gasteiger partial charge in [-0.2, -0.15) is 0 Å². The Kier molecular flexibility index (Phi) is 5.26. The zero-order chi connectivity index (χ0) is 13.6. The Balaban J connectivity index is 2.61. The third-order valence-corrected chi connectivity index (χ3v) is 3.16. The Labute approximate surface area is 106 Å². The van der Waals surface area contributed by atoms with E-state index in [0.717, 1.165) is 0 Å². The normalized spacial score (nSPS) is 11.2. The van der Waals surface area contributed by atoms with Crippen LogP contribution in [0, 0.1) is 0 Å². The second kappa shape index (κ2) is 6.48. The standard InChI is InChI=1S/C11H16N2O4S/c1-17-6-5-11(14)13-8-9-3-2-4-10(7-9)18(12,15)16/h2-4,7H,5-6,8H2,1H3,(H,13,14)(H2,12,15,16). The van der Waals surface area contributed by atoms with Gasteiger partial charge < -0.3 is 10.1 Å². The van der Waals surface area contributed by atoms with Crippen molar-refractivity contribution in [3.05, 3.63) is 29.8 Å². The van der Waals surface area contributed by atoms with Crippen molar-refractivity contribution in [3.8, 4) is 0 Å². The van der Waals surface area contributed by atoms with E-state index >= 15 is 0 Å². The number of carbonyl (C=O) groups is 1. The van der Waals surface area contributed by atoms with E-state index in [9.17, 15) is 13.2 Å². The van der Waals surface area contributed by atoms with Gasteiger partial charge in [0.15, 0.2) is 0 Å². The summed E-state index contributed by atoms with van der Waals surface area (Å²) in [4.78, 5) is 11.4. The molecule has 0 aliphatic heterocycles. The van der Waals surface area contributed by atoms with Crippen LogP contribution in [0.25, 0.3) is 0 Å². The van der Waals surface area contributed by atoms with E-state index in [4.69, 9.17) is 9.88 Å². The van der Waals surface area contributed by atoms with E-state index < -0.39 is 10.0 Å². The molecule has 0 unspecified atom stereocenters. The summed E-state index contributed by atoms with van der Waals surface area (Å²) >= 11 is 0. The summed E-state index contributed by atoms with van der Waals surface area (Å²) in [6, 6.07) is 6.14. The van der Waals surface area contributed by atoms with Gasteiger partial charge in [-0.25, -0.2) is 13.6 Å². The molecule has 0 spiro atoms. The molecule has 1 aromatic rings. The molecule has 0 heterocycles. The third-order valence-electron chi connectivity index (χ3n) is 2.25. The SMILES string of the molecule is COCCC(=O)NCc1cccc(S(N)(=O)=O)c1. The predicted octanol–water partition coefficient (Wildman–Crippen LogP) is -0.0133. The minimum absolute atomic E-state index is 0.0335. The zero-order valence-electron chi connectivity index (χ0n) is 10.0. The molecule has 0 saturated carbocycles. The van der Waals surface area contributed by atoms with Crippen molar-refractivity contribution in [2.24, 2.45) is 5.14 Å². The highest BCUT2D eigenvalue weighted by Crippen LogP contribution is 2.09. The number of carbonyl (C=O) groups excluding carboxylic acids is 1. The minimum Gasteiger partial charge on any atom is -0.384 e. The molecule has 0 aliphatic rings. The highest BCUT2D eigenvalue weighted by molar-refractivity contribution is 7.89. The average molecular weight is 272 g/mol. The smallest absolute Gasteiger partial charge is 0.238 e. The number of ether oxygens (including phenoxy) is 1. The topological polar surface area (TPSA) is 98.5 Å². The maximum absolute atomic E-state index is 11.3. The number of nitrogens with one attached hydrogen (secondary N) is 1. The van der Waals surface area contributed by atoms with Gasteiger partial charge >= 0.3 is 0 Å². The largest absolute Gasteiger partial charge is 0.384 e. The third kappa shape index (κ3) is 4.82. The Morgan fingerprint density at radius 2 is 2.17 bits per heavy atom. The molecule has 1 amide bonds. The Bertz CT molecular complexity index is 514. The number of methoxy groups -OCH3 is 1. The lowest BCUT2D eigenvalue weighted by molar-refractivity contribution is -0.122. The first-order valence-corrected chi connectivity index (χ1v) is 6.85. The number of nitrogens with two attached hydrogens (primary N) is 1. The second-order valence-corrected chi connectivity index (χ2v) is 5.27. The van der Waals surface area contributed by atoms with Crippen LogP contribution in [0.3, 0.4) is 0 Å². The number of rotatable bonds is 6. The summed E-state index contributed by atoms with van der Waals surface area (Å²) in [5.74, 6) is -0.155. The van der Waals surface area contributed by atoms with Crippen molar-refractivity contribution in [2.75, 3.05) is 13.7 Å². The van der Waals surface area contributed by atoms with Crippen molar-refractivity contribution in [1.82, 2.24) is 5.32 Å². The Morgan fingerprint density at radius 1 is 1.44 bits per heavy atom. The molecule has 0 saturated heterocycles. The van der Waals surface area contributed by atoms with Crippen LogP contribution in [0.1, 0.15) is 12.0 Å². The first kappa shape index (κ1) is 14.6. The highest BCUT2D eigenvalue weighted by Gasteiger charge is 2.08. The van der Waals surface area contributed by atoms with E-state index in [1.54, 1.807) is 12.1 Å². The predicted molar refractivity (Wildman–Crippen MR) is 66.2 cm³/mol. The Hall–Kier alpha value is -1.44. The van der Waals surface area contributed by atoms with Crippen molar-refractivity contribution in [2.45, 2.75) is 17.9 Å². The first-order valence-electron chi connectivity index (χ1n) is 5.31. The van der Waals surface area contributed by atoms with E-state index in [1.165, 1.54) is 19.2 Å².